The molecule has 1 unspecified atom stereocenters. The molecule has 0 radical (unpaired) electrons. The van der Waals surface area contributed by atoms with E-state index in [1.807, 2.05) is 0 Å². The van der Waals surface area contributed by atoms with Gasteiger partial charge in [0, 0.05) is 6.54 Å². The number of benzene rings is 1. The molecule has 2 rings (SSSR count). The van der Waals surface area contributed by atoms with Gasteiger partial charge in [0.25, 0.3) is 0 Å². The molecule has 0 saturated heterocycles. The van der Waals surface area contributed by atoms with Crippen molar-refractivity contribution in [1.82, 2.24) is 0 Å². The average Bonchev–Trinajstić information content (AvgIpc) is 2.28. The van der Waals surface area contributed by atoms with Gasteiger partial charge >= 0.3 is 5.97 Å². The number of rotatable bonds is 1. The monoisotopic (exact) mass is 209 g/mol. The zero-order valence-corrected chi connectivity index (χ0v) is 8.42. The van der Waals surface area contributed by atoms with Crippen LogP contribution < -0.4 is 5.32 Å². The Morgan fingerprint density at radius 2 is 2.40 bits per heavy atom. The molecule has 1 atom stereocenters. The number of carbonyl (C=O) groups excluding carboxylic acids is 1. The lowest BCUT2D eigenvalue weighted by atomic mass is 9.91. The number of carbonyl (C=O) groups is 1. The summed E-state index contributed by atoms with van der Waals surface area (Å²) in [6.07, 6.45) is 0.642. The molecule has 3 nitrogen and oxygen atoms in total. The minimum Gasteiger partial charge on any atom is -0.469 e. The first-order valence-electron chi connectivity index (χ1n) is 4.84. The Morgan fingerprint density at radius 1 is 1.60 bits per heavy atom. The van der Waals surface area contributed by atoms with E-state index < -0.39 is 0 Å². The Hall–Kier alpha value is -1.58. The predicted octanol–water partition coefficient (Wildman–Crippen LogP) is 1.90. The van der Waals surface area contributed by atoms with Crippen LogP contribution in [0.25, 0.3) is 0 Å². The predicted molar refractivity (Wildman–Crippen MR) is 54.3 cm³/mol. The van der Waals surface area contributed by atoms with Gasteiger partial charge in [0.2, 0.25) is 0 Å². The maximum atomic E-state index is 13.4. The van der Waals surface area contributed by atoms with Crippen LogP contribution in [0.5, 0.6) is 0 Å². The maximum absolute atomic E-state index is 13.4. The molecular formula is C11H12FNO2. The zero-order chi connectivity index (χ0) is 10.8. The molecule has 0 saturated carbocycles. The van der Waals surface area contributed by atoms with Gasteiger partial charge < -0.3 is 10.1 Å². The highest BCUT2D eigenvalue weighted by atomic mass is 19.1. The summed E-state index contributed by atoms with van der Waals surface area (Å²) in [5, 5.41) is 2.96. The van der Waals surface area contributed by atoms with Crippen LogP contribution in [-0.2, 0) is 9.53 Å². The number of esters is 1. The molecule has 0 spiro atoms. The highest BCUT2D eigenvalue weighted by molar-refractivity contribution is 5.81. The van der Waals surface area contributed by atoms with Gasteiger partial charge in [-0.2, -0.15) is 0 Å². The number of fused-ring (bicyclic) bond motifs is 1. The quantitative estimate of drug-likeness (QED) is 0.718. The van der Waals surface area contributed by atoms with Gasteiger partial charge in [-0.3, -0.25) is 4.79 Å². The minimum atomic E-state index is -0.345. The fraction of sp³-hybridized carbons (Fsp3) is 0.364. The Bertz CT molecular complexity index is 392. The fourth-order valence-corrected chi connectivity index (χ4v) is 1.90. The van der Waals surface area contributed by atoms with Crippen LogP contribution in [0.2, 0.25) is 0 Å². The Morgan fingerprint density at radius 3 is 3.13 bits per heavy atom. The first kappa shape index (κ1) is 9.96. The largest absolute Gasteiger partial charge is 0.469 e. The van der Waals surface area contributed by atoms with Gasteiger partial charge in [-0.25, -0.2) is 4.39 Å². The van der Waals surface area contributed by atoms with E-state index in [0.717, 1.165) is 0 Å². The van der Waals surface area contributed by atoms with Crippen molar-refractivity contribution in [2.75, 3.05) is 19.0 Å². The first-order chi connectivity index (χ1) is 7.24. The summed E-state index contributed by atoms with van der Waals surface area (Å²) >= 11 is 0. The molecule has 1 aliphatic rings. The highest BCUT2D eigenvalue weighted by Crippen LogP contribution is 2.33. The van der Waals surface area contributed by atoms with Crippen LogP contribution in [0.4, 0.5) is 10.1 Å². The summed E-state index contributed by atoms with van der Waals surface area (Å²) in [5.41, 5.74) is 1.12. The first-order valence-corrected chi connectivity index (χ1v) is 4.84. The molecule has 0 fully saturated rings. The number of para-hydroxylation sites is 1. The summed E-state index contributed by atoms with van der Waals surface area (Å²) in [7, 11) is 1.35. The Kier molecular flexibility index (Phi) is 2.58. The van der Waals surface area contributed by atoms with Crippen LogP contribution in [0, 0.1) is 5.82 Å². The lowest BCUT2D eigenvalue weighted by Crippen LogP contribution is -2.24. The second-order valence-electron chi connectivity index (χ2n) is 3.50. The molecule has 1 N–H and O–H groups in total. The van der Waals surface area contributed by atoms with E-state index >= 15 is 0 Å². The minimum absolute atomic E-state index is 0.302. The summed E-state index contributed by atoms with van der Waals surface area (Å²) < 4.78 is 18.1. The van der Waals surface area contributed by atoms with Gasteiger partial charge in [0.1, 0.15) is 5.82 Å². The van der Waals surface area contributed by atoms with E-state index in [-0.39, 0.29) is 17.7 Å². The number of hydrogen-bond acceptors (Lipinski definition) is 3. The molecule has 1 aromatic rings. The summed E-state index contributed by atoms with van der Waals surface area (Å²) in [6.45, 7) is 0.591. The van der Waals surface area contributed by atoms with E-state index in [1.54, 1.807) is 12.1 Å². The van der Waals surface area contributed by atoms with Crippen LogP contribution in [0.3, 0.4) is 0 Å². The lowest BCUT2D eigenvalue weighted by molar-refractivity contribution is -0.142. The summed E-state index contributed by atoms with van der Waals surface area (Å²) in [6, 6.07) is 4.74. The lowest BCUT2D eigenvalue weighted by Gasteiger charge is -2.24. The molecule has 1 aromatic carbocycles. The molecule has 0 amide bonds. The molecule has 0 bridgehead atoms. The topological polar surface area (TPSA) is 38.3 Å². The molecular weight excluding hydrogens is 197 g/mol. The Labute approximate surface area is 87.2 Å². The van der Waals surface area contributed by atoms with E-state index in [4.69, 9.17) is 4.74 Å². The van der Waals surface area contributed by atoms with Crippen LogP contribution >= 0.6 is 0 Å². The average molecular weight is 209 g/mol. The Balaban J connectivity index is 2.42. The summed E-state index contributed by atoms with van der Waals surface area (Å²) in [5.74, 6) is -0.966. The number of ether oxygens (including phenoxy) is 1. The fourth-order valence-electron chi connectivity index (χ4n) is 1.90. The van der Waals surface area contributed by atoms with E-state index in [9.17, 15) is 9.18 Å². The second-order valence-corrected chi connectivity index (χ2v) is 3.50. The van der Waals surface area contributed by atoms with Crippen LogP contribution in [0.15, 0.2) is 18.2 Å². The molecule has 80 valence electrons. The third-order valence-corrected chi connectivity index (χ3v) is 2.64. The van der Waals surface area contributed by atoms with Crippen molar-refractivity contribution in [2.24, 2.45) is 0 Å². The smallest absolute Gasteiger partial charge is 0.313 e. The second kappa shape index (κ2) is 3.88. The van der Waals surface area contributed by atoms with Crippen LogP contribution in [-0.4, -0.2) is 19.6 Å². The number of nitrogens with one attached hydrogen (secondary N) is 1. The van der Waals surface area contributed by atoms with Gasteiger partial charge in [-0.1, -0.05) is 12.1 Å². The van der Waals surface area contributed by atoms with E-state index in [2.05, 4.69) is 5.32 Å². The number of anilines is 1. The molecule has 0 aliphatic carbocycles. The zero-order valence-electron chi connectivity index (χ0n) is 8.42. The third kappa shape index (κ3) is 1.67. The van der Waals surface area contributed by atoms with E-state index in [1.165, 1.54) is 13.2 Å². The van der Waals surface area contributed by atoms with Gasteiger partial charge in [-0.05, 0) is 18.1 Å². The van der Waals surface area contributed by atoms with E-state index in [0.29, 0.717) is 24.2 Å². The summed E-state index contributed by atoms with van der Waals surface area (Å²) in [4.78, 5) is 11.5. The van der Waals surface area contributed by atoms with Crippen molar-refractivity contribution in [3.05, 3.63) is 29.6 Å². The van der Waals surface area contributed by atoms with Gasteiger partial charge in [0.05, 0.1) is 18.7 Å². The molecule has 1 aliphatic heterocycles. The van der Waals surface area contributed by atoms with Crippen molar-refractivity contribution in [3.63, 3.8) is 0 Å². The van der Waals surface area contributed by atoms with Crippen LogP contribution in [0.1, 0.15) is 17.9 Å². The van der Waals surface area contributed by atoms with Crippen molar-refractivity contribution in [1.29, 1.82) is 0 Å². The maximum Gasteiger partial charge on any atom is 0.313 e. The molecule has 4 heteroatoms. The van der Waals surface area contributed by atoms with Gasteiger partial charge in [-0.15, -0.1) is 0 Å². The van der Waals surface area contributed by atoms with Crippen molar-refractivity contribution >= 4 is 11.7 Å². The normalized spacial score (nSPS) is 18.9. The van der Waals surface area contributed by atoms with Crippen molar-refractivity contribution in [3.8, 4) is 0 Å². The standard InChI is InChI=1S/C11H12FNO2/c1-15-11(14)8-5-6-13-10-7(8)3-2-4-9(10)12/h2-4,8,13H,5-6H2,1H3. The third-order valence-electron chi connectivity index (χ3n) is 2.64. The highest BCUT2D eigenvalue weighted by Gasteiger charge is 2.28. The van der Waals surface area contributed by atoms with Crippen molar-refractivity contribution < 1.29 is 13.9 Å². The SMILES string of the molecule is COC(=O)C1CCNc2c(F)cccc21. The molecule has 0 aromatic heterocycles. The van der Waals surface area contributed by atoms with Gasteiger partial charge in [0.15, 0.2) is 0 Å². The number of halogens is 1. The number of methoxy groups -OCH3 is 1. The molecule has 1 heterocycles. The molecule has 15 heavy (non-hydrogen) atoms. The van der Waals surface area contributed by atoms with Crippen molar-refractivity contribution in [2.45, 2.75) is 12.3 Å². The number of hydrogen-bond donors (Lipinski definition) is 1.